The average Bonchev–Trinajstić information content (AvgIpc) is 3.27. The van der Waals surface area contributed by atoms with Gasteiger partial charge in [-0.1, -0.05) is 48.2 Å². The second kappa shape index (κ2) is 13.3. The summed E-state index contributed by atoms with van der Waals surface area (Å²) < 4.78 is 2.15. The van der Waals surface area contributed by atoms with Crippen LogP contribution < -0.4 is 0 Å². The van der Waals surface area contributed by atoms with Gasteiger partial charge >= 0.3 is 0 Å². The van der Waals surface area contributed by atoms with Crippen LogP contribution in [0.5, 0.6) is 0 Å². The molecule has 0 unspecified atom stereocenters. The molecule has 7 heteroatoms. The van der Waals surface area contributed by atoms with Crippen molar-refractivity contribution in [2.24, 2.45) is 5.92 Å². The van der Waals surface area contributed by atoms with Gasteiger partial charge in [-0.15, -0.1) is 24.8 Å². The zero-order valence-electron chi connectivity index (χ0n) is 19.8. The van der Waals surface area contributed by atoms with Crippen molar-refractivity contribution in [3.05, 3.63) is 83.0 Å². The highest BCUT2D eigenvalue weighted by Crippen LogP contribution is 2.35. The Labute approximate surface area is 224 Å². The highest BCUT2D eigenvalue weighted by atomic mass is 35.5. The molecule has 0 N–H and O–H groups in total. The quantitative estimate of drug-likeness (QED) is 0.283. The first-order valence-electron chi connectivity index (χ1n) is 12.1. The third-order valence-corrected chi connectivity index (χ3v) is 7.77. The van der Waals surface area contributed by atoms with Crippen molar-refractivity contribution >= 4 is 54.1 Å². The van der Waals surface area contributed by atoms with Crippen LogP contribution >= 0.6 is 36.6 Å². The summed E-state index contributed by atoms with van der Waals surface area (Å²) in [5.74, 6) is 0.919. The minimum Gasteiger partial charge on any atom is -0.303 e. The average molecular weight is 531 g/mol. The van der Waals surface area contributed by atoms with Crippen LogP contribution in [0.15, 0.2) is 76.8 Å². The molecule has 0 aliphatic carbocycles. The van der Waals surface area contributed by atoms with E-state index in [4.69, 9.17) is 0 Å². The van der Waals surface area contributed by atoms with Gasteiger partial charge in [0.05, 0.1) is 16.9 Å². The van der Waals surface area contributed by atoms with Gasteiger partial charge in [0.1, 0.15) is 5.65 Å². The lowest BCUT2D eigenvalue weighted by Crippen LogP contribution is -2.34. The van der Waals surface area contributed by atoms with Crippen molar-refractivity contribution in [2.75, 3.05) is 19.6 Å². The number of ketones is 1. The van der Waals surface area contributed by atoms with Crippen LogP contribution in [0.2, 0.25) is 0 Å². The van der Waals surface area contributed by atoms with Crippen molar-refractivity contribution in [2.45, 2.75) is 43.6 Å². The number of aromatic nitrogens is 2. The molecule has 0 amide bonds. The zero-order valence-corrected chi connectivity index (χ0v) is 22.3. The third kappa shape index (κ3) is 7.23. The van der Waals surface area contributed by atoms with Gasteiger partial charge in [0.25, 0.3) is 0 Å². The van der Waals surface area contributed by atoms with Crippen molar-refractivity contribution in [1.29, 1.82) is 0 Å². The molecular formula is C28H33Cl2N3OS. The van der Waals surface area contributed by atoms with Crippen molar-refractivity contribution in [3.8, 4) is 0 Å². The Morgan fingerprint density at radius 1 is 1.06 bits per heavy atom. The number of hydrogen-bond acceptors (Lipinski definition) is 4. The van der Waals surface area contributed by atoms with Gasteiger partial charge in [0, 0.05) is 11.3 Å². The predicted octanol–water partition coefficient (Wildman–Crippen LogP) is 6.87. The standard InChI is InChI=1S/C28H31N3OS.2ClH/c32-25(13-14-26-20-24-21-29-27-9-4-10-28(33-26)31(24)27)12-11-23-15-18-30(19-16-23)17-5-8-22-6-2-1-3-7-22;;/h1-4,6-7,9-10,13-14,20-21,23H,5,8,11-12,15-19H2;2*1H. The van der Waals surface area contributed by atoms with E-state index in [0.717, 1.165) is 34.1 Å². The molecule has 186 valence electrons. The number of pyridine rings is 1. The van der Waals surface area contributed by atoms with Gasteiger partial charge in [-0.2, -0.15) is 0 Å². The SMILES string of the molecule is Cl.Cl.O=C(C=CC1=Cc2cnc3cccc(n23)S1)CCC1CCN(CCCc2ccccc2)CC1. The minimum atomic E-state index is 0. The molecule has 0 atom stereocenters. The summed E-state index contributed by atoms with van der Waals surface area (Å²) in [4.78, 5) is 20.6. The van der Waals surface area contributed by atoms with E-state index < -0.39 is 0 Å². The van der Waals surface area contributed by atoms with E-state index in [-0.39, 0.29) is 30.6 Å². The van der Waals surface area contributed by atoms with Crippen molar-refractivity contribution in [3.63, 3.8) is 0 Å². The van der Waals surface area contributed by atoms with Crippen molar-refractivity contribution < 1.29 is 4.79 Å². The fourth-order valence-electron chi connectivity index (χ4n) is 4.84. The maximum atomic E-state index is 12.5. The Morgan fingerprint density at radius 2 is 1.86 bits per heavy atom. The summed E-state index contributed by atoms with van der Waals surface area (Å²) in [5.41, 5.74) is 3.47. The molecule has 4 nitrogen and oxygen atoms in total. The first kappa shape index (κ1) is 27.5. The van der Waals surface area contributed by atoms with E-state index in [2.05, 4.69) is 56.8 Å². The topological polar surface area (TPSA) is 37.6 Å². The Kier molecular flexibility index (Phi) is 10.5. The summed E-state index contributed by atoms with van der Waals surface area (Å²) in [7, 11) is 0. The molecule has 5 rings (SSSR count). The molecule has 3 aromatic rings. The smallest absolute Gasteiger partial charge is 0.155 e. The number of benzene rings is 1. The van der Waals surface area contributed by atoms with Gasteiger partial charge in [-0.3, -0.25) is 9.20 Å². The van der Waals surface area contributed by atoms with Gasteiger partial charge in [-0.25, -0.2) is 4.98 Å². The van der Waals surface area contributed by atoms with Crippen LogP contribution in [0.3, 0.4) is 0 Å². The molecule has 2 aliphatic heterocycles. The Bertz CT molecular complexity index is 1170. The normalized spacial score (nSPS) is 16.1. The number of allylic oxidation sites excluding steroid dienone is 2. The Balaban J connectivity index is 0.00000171. The van der Waals surface area contributed by atoms with Crippen LogP contribution in [0.1, 0.15) is 43.4 Å². The minimum absolute atomic E-state index is 0. The number of imidazole rings is 1. The van der Waals surface area contributed by atoms with E-state index in [1.807, 2.05) is 24.4 Å². The maximum Gasteiger partial charge on any atom is 0.155 e. The van der Waals surface area contributed by atoms with Gasteiger partial charge in [0.2, 0.25) is 0 Å². The molecule has 0 radical (unpaired) electrons. The summed E-state index contributed by atoms with van der Waals surface area (Å²) in [6.45, 7) is 3.53. The largest absolute Gasteiger partial charge is 0.303 e. The molecule has 2 aromatic heterocycles. The lowest BCUT2D eigenvalue weighted by Gasteiger charge is -2.31. The van der Waals surface area contributed by atoms with E-state index in [0.29, 0.717) is 12.3 Å². The fourth-order valence-corrected chi connectivity index (χ4v) is 5.84. The maximum absolute atomic E-state index is 12.5. The number of carbonyl (C=O) groups excluding carboxylic acids is 1. The van der Waals surface area contributed by atoms with E-state index in [1.165, 1.54) is 44.5 Å². The molecule has 1 fully saturated rings. The number of hydrogen-bond donors (Lipinski definition) is 0. The van der Waals surface area contributed by atoms with Crippen molar-refractivity contribution in [1.82, 2.24) is 14.3 Å². The first-order valence-corrected chi connectivity index (χ1v) is 12.9. The van der Waals surface area contributed by atoms with Crippen LogP contribution in [0.4, 0.5) is 0 Å². The van der Waals surface area contributed by atoms with E-state index in [9.17, 15) is 4.79 Å². The number of piperidine rings is 1. The highest BCUT2D eigenvalue weighted by molar-refractivity contribution is 8.03. The molecule has 1 saturated heterocycles. The summed E-state index contributed by atoms with van der Waals surface area (Å²) in [5, 5.41) is 1.14. The van der Waals surface area contributed by atoms with Crippen LogP contribution in [-0.2, 0) is 11.2 Å². The molecular weight excluding hydrogens is 497 g/mol. The second-order valence-corrected chi connectivity index (χ2v) is 10.2. The Hall–Kier alpha value is -2.05. The zero-order chi connectivity index (χ0) is 22.5. The lowest BCUT2D eigenvalue weighted by atomic mass is 9.91. The number of halogens is 2. The molecule has 4 heterocycles. The van der Waals surface area contributed by atoms with Gasteiger partial charge in [0.15, 0.2) is 5.78 Å². The van der Waals surface area contributed by atoms with Gasteiger partial charge < -0.3 is 4.90 Å². The predicted molar refractivity (Wildman–Crippen MR) is 151 cm³/mol. The third-order valence-electron chi connectivity index (χ3n) is 6.76. The van der Waals surface area contributed by atoms with E-state index >= 15 is 0 Å². The fraction of sp³-hybridized carbons (Fsp3) is 0.357. The molecule has 1 aromatic carbocycles. The van der Waals surface area contributed by atoms with Crippen LogP contribution in [0, 0.1) is 5.92 Å². The molecule has 35 heavy (non-hydrogen) atoms. The number of thioether (sulfide) groups is 1. The summed E-state index contributed by atoms with van der Waals surface area (Å²) in [6.07, 6.45) is 14.2. The molecule has 0 bridgehead atoms. The van der Waals surface area contributed by atoms with Gasteiger partial charge in [-0.05, 0) is 93.6 Å². The van der Waals surface area contributed by atoms with Crippen LogP contribution in [0.25, 0.3) is 11.7 Å². The second-order valence-electron chi connectivity index (χ2n) is 9.10. The number of likely N-dealkylation sites (tertiary alicyclic amines) is 1. The Morgan fingerprint density at radius 3 is 2.66 bits per heavy atom. The van der Waals surface area contributed by atoms with Crippen LogP contribution in [-0.4, -0.2) is 39.7 Å². The number of carbonyl (C=O) groups is 1. The first-order chi connectivity index (χ1) is 16.2. The summed E-state index contributed by atoms with van der Waals surface area (Å²) >= 11 is 1.69. The monoisotopic (exact) mass is 529 g/mol. The number of aryl methyl sites for hydroxylation is 1. The number of rotatable bonds is 9. The molecule has 0 saturated carbocycles. The number of nitrogens with zero attached hydrogens (tertiary/aromatic N) is 3. The molecule has 2 aliphatic rings. The summed E-state index contributed by atoms with van der Waals surface area (Å²) in [6, 6.07) is 16.9. The van der Waals surface area contributed by atoms with E-state index in [1.54, 1.807) is 17.8 Å². The highest BCUT2D eigenvalue weighted by Gasteiger charge is 2.19. The lowest BCUT2D eigenvalue weighted by molar-refractivity contribution is -0.114. The molecule has 0 spiro atoms.